The van der Waals surface area contributed by atoms with E-state index in [4.69, 9.17) is 5.11 Å². The zero-order valence-electron chi connectivity index (χ0n) is 12.4. The van der Waals surface area contributed by atoms with Crippen molar-refractivity contribution < 1.29 is 14.7 Å². The molecule has 1 aromatic rings. The average Bonchev–Trinajstić information content (AvgIpc) is 2.36. The van der Waals surface area contributed by atoms with Crippen molar-refractivity contribution in [1.29, 1.82) is 0 Å². The Labute approximate surface area is 120 Å². The number of amides is 1. The molecule has 0 unspecified atom stereocenters. The van der Waals surface area contributed by atoms with Gasteiger partial charge in [0.25, 0.3) is 0 Å². The first-order valence-electron chi connectivity index (χ1n) is 6.87. The number of carboxylic acid groups (broad SMARTS) is 1. The molecule has 110 valence electrons. The van der Waals surface area contributed by atoms with Crippen LogP contribution < -0.4 is 5.32 Å². The summed E-state index contributed by atoms with van der Waals surface area (Å²) in [6.07, 6.45) is 2.02. The van der Waals surface area contributed by atoms with Crippen LogP contribution >= 0.6 is 0 Å². The maximum absolute atomic E-state index is 11.6. The molecular weight excluding hydrogens is 254 g/mol. The number of benzene rings is 1. The lowest BCUT2D eigenvalue weighted by molar-refractivity contribution is -0.121. The standard InChI is InChI=1S/C16H23NO3/c1-16(2,3)9-7-14(18)17-10-8-12-5-4-6-13(11-12)15(19)20/h4-6,11H,7-10H2,1-3H3,(H,17,18)(H,19,20). The molecule has 20 heavy (non-hydrogen) atoms. The molecule has 0 fully saturated rings. The molecule has 4 heteroatoms. The van der Waals surface area contributed by atoms with Crippen LogP contribution in [0.25, 0.3) is 0 Å². The van der Waals surface area contributed by atoms with Gasteiger partial charge in [0.2, 0.25) is 5.91 Å². The first-order chi connectivity index (χ1) is 9.28. The summed E-state index contributed by atoms with van der Waals surface area (Å²) in [5, 5.41) is 11.8. The Morgan fingerprint density at radius 2 is 1.95 bits per heavy atom. The molecule has 0 bridgehead atoms. The van der Waals surface area contributed by atoms with E-state index in [1.54, 1.807) is 18.2 Å². The molecule has 4 nitrogen and oxygen atoms in total. The monoisotopic (exact) mass is 277 g/mol. The zero-order valence-corrected chi connectivity index (χ0v) is 12.4. The Morgan fingerprint density at radius 1 is 1.25 bits per heavy atom. The predicted octanol–water partition coefficient (Wildman–Crippen LogP) is 2.87. The summed E-state index contributed by atoms with van der Waals surface area (Å²) in [7, 11) is 0. The van der Waals surface area contributed by atoms with Crippen molar-refractivity contribution in [2.45, 2.75) is 40.0 Å². The van der Waals surface area contributed by atoms with E-state index in [1.165, 1.54) is 0 Å². The van der Waals surface area contributed by atoms with Gasteiger partial charge in [-0.2, -0.15) is 0 Å². The van der Waals surface area contributed by atoms with Gasteiger partial charge >= 0.3 is 5.97 Å². The average molecular weight is 277 g/mol. The van der Waals surface area contributed by atoms with Crippen LogP contribution in [0.2, 0.25) is 0 Å². The molecule has 0 aliphatic rings. The Morgan fingerprint density at radius 3 is 2.55 bits per heavy atom. The van der Waals surface area contributed by atoms with Crippen LogP contribution in [-0.2, 0) is 11.2 Å². The van der Waals surface area contributed by atoms with Crippen molar-refractivity contribution in [3.8, 4) is 0 Å². The Hall–Kier alpha value is -1.84. The first kappa shape index (κ1) is 16.2. The zero-order chi connectivity index (χ0) is 15.2. The highest BCUT2D eigenvalue weighted by Crippen LogP contribution is 2.20. The van der Waals surface area contributed by atoms with Crippen molar-refractivity contribution in [2.75, 3.05) is 6.54 Å². The topological polar surface area (TPSA) is 66.4 Å². The van der Waals surface area contributed by atoms with Crippen molar-refractivity contribution >= 4 is 11.9 Å². The molecule has 0 radical (unpaired) electrons. The minimum atomic E-state index is -0.930. The van der Waals surface area contributed by atoms with Gasteiger partial charge in [0.15, 0.2) is 0 Å². The number of hydrogen-bond donors (Lipinski definition) is 2. The van der Waals surface area contributed by atoms with E-state index < -0.39 is 5.97 Å². The molecule has 0 atom stereocenters. The third kappa shape index (κ3) is 6.36. The summed E-state index contributed by atoms with van der Waals surface area (Å²) in [6.45, 7) is 6.86. The summed E-state index contributed by atoms with van der Waals surface area (Å²) in [5.41, 5.74) is 1.36. The highest BCUT2D eigenvalue weighted by atomic mass is 16.4. The van der Waals surface area contributed by atoms with Gasteiger partial charge in [-0.1, -0.05) is 32.9 Å². The maximum Gasteiger partial charge on any atom is 0.335 e. The summed E-state index contributed by atoms with van der Waals surface area (Å²) in [6, 6.07) is 6.80. The Kier molecular flexibility index (Phi) is 5.74. The van der Waals surface area contributed by atoms with Gasteiger partial charge in [-0.3, -0.25) is 4.79 Å². The molecule has 1 aromatic carbocycles. The van der Waals surface area contributed by atoms with Crippen LogP contribution in [0.4, 0.5) is 0 Å². The molecule has 0 aliphatic carbocycles. The van der Waals surface area contributed by atoms with Gasteiger partial charge in [-0.05, 0) is 36.0 Å². The summed E-state index contributed by atoms with van der Waals surface area (Å²) >= 11 is 0. The van der Waals surface area contributed by atoms with Crippen LogP contribution in [-0.4, -0.2) is 23.5 Å². The molecule has 0 saturated heterocycles. The van der Waals surface area contributed by atoms with Crippen molar-refractivity contribution in [3.05, 3.63) is 35.4 Å². The smallest absolute Gasteiger partial charge is 0.335 e. The van der Waals surface area contributed by atoms with E-state index in [0.717, 1.165) is 12.0 Å². The number of nitrogens with one attached hydrogen (secondary N) is 1. The first-order valence-corrected chi connectivity index (χ1v) is 6.87. The molecule has 0 spiro atoms. The van der Waals surface area contributed by atoms with Gasteiger partial charge in [0, 0.05) is 13.0 Å². The minimum absolute atomic E-state index is 0.0503. The number of rotatable bonds is 6. The summed E-state index contributed by atoms with van der Waals surface area (Å²) in [4.78, 5) is 22.5. The SMILES string of the molecule is CC(C)(C)CCC(=O)NCCc1cccc(C(=O)O)c1. The third-order valence-corrected chi connectivity index (χ3v) is 3.01. The van der Waals surface area contributed by atoms with Crippen molar-refractivity contribution in [3.63, 3.8) is 0 Å². The van der Waals surface area contributed by atoms with Gasteiger partial charge in [0.05, 0.1) is 5.56 Å². The molecule has 0 heterocycles. The van der Waals surface area contributed by atoms with E-state index >= 15 is 0 Å². The van der Waals surface area contributed by atoms with E-state index in [2.05, 4.69) is 26.1 Å². The third-order valence-electron chi connectivity index (χ3n) is 3.01. The number of carboxylic acids is 1. The van der Waals surface area contributed by atoms with Crippen LogP contribution in [0.5, 0.6) is 0 Å². The second-order valence-corrected chi connectivity index (χ2v) is 6.17. The number of hydrogen-bond acceptors (Lipinski definition) is 2. The van der Waals surface area contributed by atoms with Crippen LogP contribution in [0, 0.1) is 5.41 Å². The number of aromatic carboxylic acids is 1. The molecule has 1 rings (SSSR count). The minimum Gasteiger partial charge on any atom is -0.478 e. The summed E-state index contributed by atoms with van der Waals surface area (Å²) in [5.74, 6) is -0.879. The van der Waals surface area contributed by atoms with E-state index in [0.29, 0.717) is 19.4 Å². The molecular formula is C16H23NO3. The highest BCUT2D eigenvalue weighted by molar-refractivity contribution is 5.87. The predicted molar refractivity (Wildman–Crippen MR) is 78.8 cm³/mol. The quantitative estimate of drug-likeness (QED) is 0.840. The Bertz CT molecular complexity index is 475. The highest BCUT2D eigenvalue weighted by Gasteiger charge is 2.12. The fourth-order valence-corrected chi connectivity index (χ4v) is 1.78. The molecule has 0 aliphatic heterocycles. The van der Waals surface area contributed by atoms with E-state index in [-0.39, 0.29) is 16.9 Å². The lowest BCUT2D eigenvalue weighted by atomic mass is 9.90. The van der Waals surface area contributed by atoms with Crippen molar-refractivity contribution in [2.24, 2.45) is 5.41 Å². The van der Waals surface area contributed by atoms with Crippen LogP contribution in [0.15, 0.2) is 24.3 Å². The van der Waals surface area contributed by atoms with Crippen molar-refractivity contribution in [1.82, 2.24) is 5.32 Å². The largest absolute Gasteiger partial charge is 0.478 e. The lowest BCUT2D eigenvalue weighted by Crippen LogP contribution is -2.26. The van der Waals surface area contributed by atoms with Gasteiger partial charge in [-0.15, -0.1) is 0 Å². The fraction of sp³-hybridized carbons (Fsp3) is 0.500. The normalized spacial score (nSPS) is 11.2. The summed E-state index contributed by atoms with van der Waals surface area (Å²) < 4.78 is 0. The fourth-order valence-electron chi connectivity index (χ4n) is 1.78. The number of carbonyl (C=O) groups is 2. The molecule has 2 N–H and O–H groups in total. The second-order valence-electron chi connectivity index (χ2n) is 6.17. The maximum atomic E-state index is 11.6. The van der Waals surface area contributed by atoms with E-state index in [1.807, 2.05) is 6.07 Å². The van der Waals surface area contributed by atoms with Gasteiger partial charge in [0.1, 0.15) is 0 Å². The van der Waals surface area contributed by atoms with Gasteiger partial charge in [-0.25, -0.2) is 4.79 Å². The molecule has 0 saturated carbocycles. The second kappa shape index (κ2) is 7.08. The number of carbonyl (C=O) groups excluding carboxylic acids is 1. The molecule has 1 amide bonds. The lowest BCUT2D eigenvalue weighted by Gasteiger charge is -2.17. The van der Waals surface area contributed by atoms with E-state index in [9.17, 15) is 9.59 Å². The van der Waals surface area contributed by atoms with Crippen LogP contribution in [0.3, 0.4) is 0 Å². The van der Waals surface area contributed by atoms with Gasteiger partial charge < -0.3 is 10.4 Å². The van der Waals surface area contributed by atoms with Crippen LogP contribution in [0.1, 0.15) is 49.5 Å². The molecule has 0 aromatic heterocycles. The Balaban J connectivity index is 2.35.